The summed E-state index contributed by atoms with van der Waals surface area (Å²) in [7, 11) is 0. The highest BCUT2D eigenvalue weighted by atomic mass is 32.1. The monoisotopic (exact) mass is 225 g/mol. The Labute approximate surface area is 94.4 Å². The van der Waals surface area contributed by atoms with Crippen LogP contribution < -0.4 is 17.2 Å². The van der Waals surface area contributed by atoms with Gasteiger partial charge in [0.2, 0.25) is 0 Å². The molecule has 0 atom stereocenters. The van der Waals surface area contributed by atoms with Gasteiger partial charge in [-0.3, -0.25) is 4.79 Å². The first-order valence-electron chi connectivity index (χ1n) is 4.26. The van der Waals surface area contributed by atoms with Gasteiger partial charge in [-0.25, -0.2) is 0 Å². The largest absolute Gasteiger partial charge is 0.398 e. The van der Waals surface area contributed by atoms with Crippen LogP contribution in [0.15, 0.2) is 12.1 Å². The van der Waals surface area contributed by atoms with Crippen LogP contribution in [0.4, 0.5) is 5.69 Å². The SMILES string of the molecule is Cc1ccc(C=O)c(N)c1C.NC(N)=S. The van der Waals surface area contributed by atoms with Gasteiger partial charge < -0.3 is 17.2 Å². The Balaban J connectivity index is 0.000000423. The molecule has 1 aromatic rings. The van der Waals surface area contributed by atoms with E-state index in [4.69, 9.17) is 5.73 Å². The van der Waals surface area contributed by atoms with Crippen molar-refractivity contribution in [2.24, 2.45) is 11.5 Å². The number of nitrogens with two attached hydrogens (primary N) is 3. The minimum Gasteiger partial charge on any atom is -0.398 e. The Morgan fingerprint density at radius 3 is 2.20 bits per heavy atom. The number of hydrogen-bond acceptors (Lipinski definition) is 3. The third-order valence-electron chi connectivity index (χ3n) is 1.95. The molecular formula is C10H15N3OS. The number of carbonyl (C=O) groups is 1. The summed E-state index contributed by atoms with van der Waals surface area (Å²) in [6, 6.07) is 3.64. The lowest BCUT2D eigenvalue weighted by molar-refractivity contribution is 0.112. The number of aryl methyl sites for hydroxylation is 1. The Morgan fingerprint density at radius 1 is 1.33 bits per heavy atom. The van der Waals surface area contributed by atoms with Gasteiger partial charge in [0.05, 0.1) is 0 Å². The summed E-state index contributed by atoms with van der Waals surface area (Å²) in [5.41, 5.74) is 18.2. The van der Waals surface area contributed by atoms with Crippen molar-refractivity contribution in [2.75, 3.05) is 5.73 Å². The number of nitrogen functional groups attached to an aromatic ring is 1. The van der Waals surface area contributed by atoms with Crippen LogP contribution in [0.3, 0.4) is 0 Å². The molecule has 0 heterocycles. The molecule has 0 aliphatic carbocycles. The molecule has 0 unspecified atom stereocenters. The van der Waals surface area contributed by atoms with Gasteiger partial charge in [0.25, 0.3) is 0 Å². The zero-order chi connectivity index (χ0) is 12.0. The highest BCUT2D eigenvalue weighted by Gasteiger charge is 2.01. The number of anilines is 1. The number of rotatable bonds is 1. The fraction of sp³-hybridized carbons (Fsp3) is 0.200. The van der Waals surface area contributed by atoms with Crippen LogP contribution in [0, 0.1) is 13.8 Å². The second kappa shape index (κ2) is 5.98. The van der Waals surface area contributed by atoms with E-state index in [1.54, 1.807) is 6.07 Å². The van der Waals surface area contributed by atoms with Crippen LogP contribution in [0.5, 0.6) is 0 Å². The first kappa shape index (κ1) is 13.4. The van der Waals surface area contributed by atoms with Crippen molar-refractivity contribution < 1.29 is 4.79 Å². The van der Waals surface area contributed by atoms with Crippen LogP contribution >= 0.6 is 12.2 Å². The maximum Gasteiger partial charge on any atom is 0.160 e. The van der Waals surface area contributed by atoms with E-state index in [0.29, 0.717) is 11.3 Å². The van der Waals surface area contributed by atoms with Gasteiger partial charge in [-0.05, 0) is 43.3 Å². The maximum atomic E-state index is 10.4. The molecule has 0 fully saturated rings. The molecule has 0 radical (unpaired) electrons. The van der Waals surface area contributed by atoms with E-state index < -0.39 is 0 Å². The van der Waals surface area contributed by atoms with E-state index in [0.717, 1.165) is 17.4 Å². The minimum atomic E-state index is 0.000000000000000222. The highest BCUT2D eigenvalue weighted by molar-refractivity contribution is 7.80. The quantitative estimate of drug-likeness (QED) is 0.375. The average Bonchev–Trinajstić information content (AvgIpc) is 2.14. The number of carbonyl (C=O) groups excluding carboxylic acids is 1. The summed E-state index contributed by atoms with van der Waals surface area (Å²) >= 11 is 4.09. The van der Waals surface area contributed by atoms with Crippen molar-refractivity contribution in [3.05, 3.63) is 28.8 Å². The van der Waals surface area contributed by atoms with Crippen LogP contribution in [0.25, 0.3) is 0 Å². The molecule has 0 saturated carbocycles. The highest BCUT2D eigenvalue weighted by Crippen LogP contribution is 2.18. The molecule has 0 aliphatic rings. The molecule has 1 aromatic carbocycles. The van der Waals surface area contributed by atoms with Crippen LogP contribution in [0.1, 0.15) is 21.5 Å². The third-order valence-corrected chi connectivity index (χ3v) is 1.95. The van der Waals surface area contributed by atoms with Crippen molar-refractivity contribution in [1.82, 2.24) is 0 Å². The van der Waals surface area contributed by atoms with E-state index >= 15 is 0 Å². The first-order valence-corrected chi connectivity index (χ1v) is 4.66. The van der Waals surface area contributed by atoms with E-state index in [1.165, 1.54) is 0 Å². The zero-order valence-corrected chi connectivity index (χ0v) is 9.60. The lowest BCUT2D eigenvalue weighted by atomic mass is 10.0. The molecule has 5 heteroatoms. The molecule has 0 aliphatic heterocycles. The van der Waals surface area contributed by atoms with Crippen molar-refractivity contribution in [1.29, 1.82) is 0 Å². The van der Waals surface area contributed by atoms with Crippen LogP contribution in [0.2, 0.25) is 0 Å². The summed E-state index contributed by atoms with van der Waals surface area (Å²) in [6.07, 6.45) is 0.780. The van der Waals surface area contributed by atoms with Crippen molar-refractivity contribution >= 4 is 29.3 Å². The van der Waals surface area contributed by atoms with Crippen molar-refractivity contribution in [3.63, 3.8) is 0 Å². The van der Waals surface area contributed by atoms with E-state index in [-0.39, 0.29) is 5.11 Å². The predicted molar refractivity (Wildman–Crippen MR) is 66.7 cm³/mol. The maximum absolute atomic E-state index is 10.4. The molecule has 0 amide bonds. The normalized spacial score (nSPS) is 8.67. The Bertz CT molecular complexity index is 373. The van der Waals surface area contributed by atoms with Crippen LogP contribution in [-0.4, -0.2) is 11.4 Å². The zero-order valence-electron chi connectivity index (χ0n) is 8.78. The van der Waals surface area contributed by atoms with E-state index in [9.17, 15) is 4.79 Å². The van der Waals surface area contributed by atoms with Gasteiger partial charge in [0.1, 0.15) is 0 Å². The fourth-order valence-electron chi connectivity index (χ4n) is 0.961. The van der Waals surface area contributed by atoms with E-state index in [2.05, 4.69) is 23.7 Å². The summed E-state index contributed by atoms with van der Waals surface area (Å²) in [5, 5.41) is 0.000000000000000222. The molecule has 82 valence electrons. The molecule has 15 heavy (non-hydrogen) atoms. The second-order valence-electron chi connectivity index (χ2n) is 3.03. The van der Waals surface area contributed by atoms with Gasteiger partial charge in [0, 0.05) is 11.3 Å². The fourth-order valence-corrected chi connectivity index (χ4v) is 0.961. The number of benzene rings is 1. The summed E-state index contributed by atoms with van der Waals surface area (Å²) < 4.78 is 0. The van der Waals surface area contributed by atoms with Gasteiger partial charge in [-0.1, -0.05) is 6.07 Å². The second-order valence-corrected chi connectivity index (χ2v) is 3.50. The molecule has 4 nitrogen and oxygen atoms in total. The molecule has 0 spiro atoms. The lowest BCUT2D eigenvalue weighted by Gasteiger charge is -2.05. The first-order chi connectivity index (χ1) is 6.90. The molecule has 6 N–H and O–H groups in total. The summed E-state index contributed by atoms with van der Waals surface area (Å²) in [4.78, 5) is 10.4. The van der Waals surface area contributed by atoms with Crippen molar-refractivity contribution in [2.45, 2.75) is 13.8 Å². The number of thiocarbonyl (C=S) groups is 1. The molecule has 0 aromatic heterocycles. The minimum absolute atomic E-state index is 0.000000000000000222. The van der Waals surface area contributed by atoms with Gasteiger partial charge >= 0.3 is 0 Å². The molecule has 0 saturated heterocycles. The Kier molecular flexibility index (Phi) is 5.33. The Morgan fingerprint density at radius 2 is 1.80 bits per heavy atom. The van der Waals surface area contributed by atoms with Gasteiger partial charge in [0.15, 0.2) is 11.4 Å². The third kappa shape index (κ3) is 4.42. The molecular weight excluding hydrogens is 210 g/mol. The van der Waals surface area contributed by atoms with Crippen molar-refractivity contribution in [3.8, 4) is 0 Å². The average molecular weight is 225 g/mol. The molecule has 0 bridgehead atoms. The smallest absolute Gasteiger partial charge is 0.160 e. The standard InChI is InChI=1S/C9H11NO.CH4N2S/c1-6-3-4-8(5-11)9(10)7(6)2;2-1(3)4/h3-5H,10H2,1-2H3;(H4,2,3,4). The van der Waals surface area contributed by atoms with E-state index in [1.807, 2.05) is 19.9 Å². The predicted octanol–water partition coefficient (Wildman–Crippen LogP) is 0.887. The summed E-state index contributed by atoms with van der Waals surface area (Å²) in [6.45, 7) is 3.89. The lowest BCUT2D eigenvalue weighted by Crippen LogP contribution is -2.18. The topological polar surface area (TPSA) is 95.1 Å². The molecule has 1 rings (SSSR count). The van der Waals surface area contributed by atoms with Gasteiger partial charge in [-0.2, -0.15) is 0 Å². The number of aldehydes is 1. The van der Waals surface area contributed by atoms with Crippen LogP contribution in [-0.2, 0) is 0 Å². The number of hydrogen-bond donors (Lipinski definition) is 3. The summed E-state index contributed by atoms with van der Waals surface area (Å²) in [5.74, 6) is 0. The Hall–Kier alpha value is -1.62. The van der Waals surface area contributed by atoms with Gasteiger partial charge in [-0.15, -0.1) is 0 Å².